The van der Waals surface area contributed by atoms with Crippen LogP contribution in [-0.2, 0) is 44.0 Å². The SMILES string of the molecule is COCOc1cc(F)c(-c2[c-]cc(I)c(=O)n2CC(F)F)c(F)c1.[Y]. The molecule has 1 aromatic carbocycles. The second-order valence-electron chi connectivity index (χ2n) is 4.60. The molecule has 0 spiro atoms. The van der Waals surface area contributed by atoms with Crippen LogP contribution in [-0.4, -0.2) is 24.9 Å². The number of hydrogen-bond acceptors (Lipinski definition) is 3. The third-order valence-corrected chi connectivity index (χ3v) is 3.74. The molecule has 0 saturated carbocycles. The van der Waals surface area contributed by atoms with Crippen molar-refractivity contribution in [3.8, 4) is 17.0 Å². The number of benzene rings is 1. The van der Waals surface area contributed by atoms with E-state index >= 15 is 0 Å². The maximum absolute atomic E-state index is 14.3. The first-order valence-corrected chi connectivity index (χ1v) is 7.63. The summed E-state index contributed by atoms with van der Waals surface area (Å²) in [4.78, 5) is 12.0. The first-order chi connectivity index (χ1) is 11.3. The summed E-state index contributed by atoms with van der Waals surface area (Å²) in [6, 6.07) is 5.43. The zero-order valence-corrected chi connectivity index (χ0v) is 17.9. The number of pyridine rings is 1. The molecule has 1 heterocycles. The van der Waals surface area contributed by atoms with E-state index in [1.165, 1.54) is 13.2 Å². The molecule has 4 nitrogen and oxygen atoms in total. The van der Waals surface area contributed by atoms with Crippen LogP contribution >= 0.6 is 22.6 Å². The second-order valence-corrected chi connectivity index (χ2v) is 5.77. The predicted octanol–water partition coefficient (Wildman–Crippen LogP) is 3.44. The van der Waals surface area contributed by atoms with E-state index in [1.807, 2.05) is 0 Å². The minimum absolute atomic E-state index is 0. The number of halogens is 5. The Balaban J connectivity index is 0.00000312. The molecule has 1 aromatic heterocycles. The van der Waals surface area contributed by atoms with E-state index in [2.05, 4.69) is 10.8 Å². The summed E-state index contributed by atoms with van der Waals surface area (Å²) in [6.07, 6.45) is -2.87. The van der Waals surface area contributed by atoms with Gasteiger partial charge in [0.1, 0.15) is 5.75 Å². The Morgan fingerprint density at radius 2 is 1.88 bits per heavy atom. The van der Waals surface area contributed by atoms with Gasteiger partial charge in [-0.2, -0.15) is 12.1 Å². The van der Waals surface area contributed by atoms with Crippen molar-refractivity contribution in [3.63, 3.8) is 0 Å². The zero-order chi connectivity index (χ0) is 17.9. The van der Waals surface area contributed by atoms with Crippen molar-refractivity contribution in [2.75, 3.05) is 13.9 Å². The molecule has 2 rings (SSSR count). The van der Waals surface area contributed by atoms with Gasteiger partial charge in [-0.3, -0.25) is 4.79 Å². The number of alkyl halides is 2. The number of nitrogens with zero attached hydrogens (tertiary/aromatic N) is 1. The first kappa shape index (κ1) is 22.5. The van der Waals surface area contributed by atoms with Crippen LogP contribution < -0.4 is 10.3 Å². The summed E-state index contributed by atoms with van der Waals surface area (Å²) < 4.78 is 64.3. The van der Waals surface area contributed by atoms with E-state index < -0.39 is 41.4 Å². The van der Waals surface area contributed by atoms with E-state index in [0.29, 0.717) is 4.57 Å². The number of rotatable bonds is 6. The predicted molar refractivity (Wildman–Crippen MR) is 86.1 cm³/mol. The van der Waals surface area contributed by atoms with E-state index in [4.69, 9.17) is 4.74 Å². The Hall–Kier alpha value is -0.516. The van der Waals surface area contributed by atoms with Crippen LogP contribution in [0.15, 0.2) is 23.0 Å². The third-order valence-electron chi connectivity index (χ3n) is 2.97. The van der Waals surface area contributed by atoms with Crippen LogP contribution in [0.2, 0.25) is 0 Å². The zero-order valence-electron chi connectivity index (χ0n) is 12.9. The number of aromatic nitrogens is 1. The molecule has 0 aliphatic carbocycles. The number of hydrogen-bond donors (Lipinski definition) is 0. The van der Waals surface area contributed by atoms with Gasteiger partial charge in [0.05, 0.1) is 18.2 Å². The van der Waals surface area contributed by atoms with Crippen molar-refractivity contribution in [3.05, 3.63) is 49.8 Å². The molecule has 0 fully saturated rings. The van der Waals surface area contributed by atoms with Crippen molar-refractivity contribution >= 4 is 22.6 Å². The van der Waals surface area contributed by atoms with Gasteiger partial charge in [0.25, 0.3) is 6.43 Å². The first-order valence-electron chi connectivity index (χ1n) is 6.55. The summed E-state index contributed by atoms with van der Waals surface area (Å²) in [7, 11) is 1.34. The van der Waals surface area contributed by atoms with Crippen LogP contribution in [0, 0.1) is 21.3 Å². The van der Waals surface area contributed by atoms with Gasteiger partial charge in [0, 0.05) is 52.0 Å². The van der Waals surface area contributed by atoms with Crippen LogP contribution in [0.5, 0.6) is 5.75 Å². The van der Waals surface area contributed by atoms with Crippen molar-refractivity contribution < 1.29 is 59.7 Å². The quantitative estimate of drug-likeness (QED) is 0.242. The van der Waals surface area contributed by atoms with Crippen LogP contribution in [0.3, 0.4) is 0 Å². The average molecular weight is 545 g/mol. The Kier molecular flexibility index (Phi) is 8.99. The van der Waals surface area contributed by atoms with Crippen LogP contribution in [0.1, 0.15) is 0 Å². The van der Waals surface area contributed by atoms with Crippen molar-refractivity contribution in [2.45, 2.75) is 13.0 Å². The van der Waals surface area contributed by atoms with Crippen molar-refractivity contribution in [1.29, 1.82) is 0 Å². The van der Waals surface area contributed by atoms with Gasteiger partial charge in [-0.15, -0.1) is 22.6 Å². The molecule has 25 heavy (non-hydrogen) atoms. The minimum Gasteiger partial charge on any atom is -0.467 e. The van der Waals surface area contributed by atoms with Crippen LogP contribution in [0.25, 0.3) is 11.3 Å². The van der Waals surface area contributed by atoms with Gasteiger partial charge < -0.3 is 14.0 Å². The van der Waals surface area contributed by atoms with Gasteiger partial charge in [0.2, 0.25) is 5.56 Å². The Morgan fingerprint density at radius 1 is 1.28 bits per heavy atom. The molecule has 0 bridgehead atoms. The van der Waals surface area contributed by atoms with E-state index in [1.54, 1.807) is 22.6 Å². The summed E-state index contributed by atoms with van der Waals surface area (Å²) in [5.41, 5.74) is -1.80. The normalized spacial score (nSPS) is 10.7. The average Bonchev–Trinajstić information content (AvgIpc) is 2.51. The van der Waals surface area contributed by atoms with Gasteiger partial charge in [0.15, 0.2) is 6.79 Å². The maximum Gasteiger partial charge on any atom is 0.256 e. The van der Waals surface area contributed by atoms with Crippen molar-refractivity contribution in [2.24, 2.45) is 0 Å². The fourth-order valence-corrected chi connectivity index (χ4v) is 2.45. The smallest absolute Gasteiger partial charge is 0.256 e. The fourth-order valence-electron chi connectivity index (χ4n) is 2.01. The summed E-state index contributed by atoms with van der Waals surface area (Å²) in [6.45, 7) is -1.22. The number of methoxy groups -OCH3 is 1. The summed E-state index contributed by atoms with van der Waals surface area (Å²) >= 11 is 1.64. The molecule has 10 heteroatoms. The van der Waals surface area contributed by atoms with E-state index in [0.717, 1.165) is 12.1 Å². The van der Waals surface area contributed by atoms with E-state index in [-0.39, 0.29) is 48.8 Å². The molecule has 133 valence electrons. The van der Waals surface area contributed by atoms with Crippen LogP contribution in [0.4, 0.5) is 17.6 Å². The third kappa shape index (κ3) is 5.48. The standard InChI is InChI=1S/C15H11F4INO3.Y/c1-23-7-24-8-4-9(16)14(10(17)5-8)12-3-2-11(20)15(22)21(12)6-13(18)19;/h2,4-5,13H,6-7H2,1H3;/q-1;. The summed E-state index contributed by atoms with van der Waals surface area (Å²) in [5, 5.41) is 0. The molecule has 0 amide bonds. The minimum atomic E-state index is -2.87. The molecule has 0 atom stereocenters. The second kappa shape index (κ2) is 9.98. The Bertz CT molecular complexity index is 778. The molecular weight excluding hydrogens is 534 g/mol. The maximum atomic E-state index is 14.3. The molecule has 2 aromatic rings. The fraction of sp³-hybridized carbons (Fsp3) is 0.267. The van der Waals surface area contributed by atoms with Gasteiger partial charge in [-0.05, 0) is 9.13 Å². The molecular formula is C15H11F4INO3Y-. The van der Waals surface area contributed by atoms with Crippen molar-refractivity contribution in [1.82, 2.24) is 4.57 Å². The topological polar surface area (TPSA) is 40.5 Å². The molecule has 0 aliphatic rings. The summed E-state index contributed by atoms with van der Waals surface area (Å²) in [5.74, 6) is -2.27. The van der Waals surface area contributed by atoms with Gasteiger partial charge >= 0.3 is 0 Å². The van der Waals surface area contributed by atoms with Gasteiger partial charge in [-0.25, -0.2) is 17.6 Å². The molecule has 0 saturated heterocycles. The Morgan fingerprint density at radius 3 is 2.40 bits per heavy atom. The molecule has 0 aliphatic heterocycles. The largest absolute Gasteiger partial charge is 0.467 e. The van der Waals surface area contributed by atoms with E-state index in [9.17, 15) is 22.4 Å². The molecule has 0 N–H and O–H groups in total. The molecule has 0 unspecified atom stereocenters. The number of ether oxygens (including phenoxy) is 2. The Labute approximate surface area is 179 Å². The molecule has 1 radical (unpaired) electrons. The van der Waals surface area contributed by atoms with Gasteiger partial charge in [-0.1, -0.05) is 5.69 Å². The monoisotopic (exact) mass is 545 g/mol.